The van der Waals surface area contributed by atoms with E-state index in [1.807, 2.05) is 24.3 Å². The van der Waals surface area contributed by atoms with Gasteiger partial charge in [0.2, 0.25) is 0 Å². The first-order valence-electron chi connectivity index (χ1n) is 4.86. The summed E-state index contributed by atoms with van der Waals surface area (Å²) < 4.78 is 12.1. The first-order chi connectivity index (χ1) is 6.61. The molecule has 0 aromatic heterocycles. The Labute approximate surface area is 87.2 Å². The van der Waals surface area contributed by atoms with Crippen molar-refractivity contribution in [3.8, 4) is 0 Å². The zero-order chi connectivity index (χ0) is 10.2. The maximum absolute atomic E-state index is 12.2. The van der Waals surface area contributed by atoms with E-state index >= 15 is 0 Å². The van der Waals surface area contributed by atoms with Gasteiger partial charge < -0.3 is 5.32 Å². The third-order valence-corrected chi connectivity index (χ3v) is 4.59. The van der Waals surface area contributed by atoms with E-state index in [1.165, 1.54) is 0 Å². The van der Waals surface area contributed by atoms with E-state index < -0.39 is 10.8 Å². The highest BCUT2D eigenvalue weighted by atomic mass is 32.2. The van der Waals surface area contributed by atoms with E-state index in [-0.39, 0.29) is 4.75 Å². The highest BCUT2D eigenvalue weighted by Crippen LogP contribution is 2.32. The Bertz CT molecular complexity index is 373. The molecule has 1 aromatic rings. The smallest absolute Gasteiger partial charge is 0.0624 e. The van der Waals surface area contributed by atoms with Gasteiger partial charge in [-0.25, -0.2) is 0 Å². The number of benzene rings is 1. The molecule has 1 heterocycles. The molecule has 0 saturated heterocycles. The zero-order valence-corrected chi connectivity index (χ0v) is 9.36. The number of rotatable bonds is 0. The van der Waals surface area contributed by atoms with Crippen molar-refractivity contribution >= 4 is 16.5 Å². The molecule has 0 spiro atoms. The quantitative estimate of drug-likeness (QED) is 0.711. The summed E-state index contributed by atoms with van der Waals surface area (Å²) in [5.41, 5.74) is 1.02. The van der Waals surface area contributed by atoms with Gasteiger partial charge in [-0.2, -0.15) is 0 Å². The normalized spacial score (nSPS) is 24.6. The van der Waals surface area contributed by atoms with Crippen LogP contribution in [0.1, 0.15) is 20.3 Å². The predicted octanol–water partition coefficient (Wildman–Crippen LogP) is 2.39. The van der Waals surface area contributed by atoms with Crippen LogP contribution in [0.5, 0.6) is 0 Å². The number of fused-ring (bicyclic) bond motifs is 1. The molecule has 0 fully saturated rings. The third kappa shape index (κ3) is 1.57. The molecule has 0 bridgehead atoms. The lowest BCUT2D eigenvalue weighted by atomic mass is 10.1. The highest BCUT2D eigenvalue weighted by molar-refractivity contribution is 7.86. The molecule has 3 heteroatoms. The second-order valence-corrected chi connectivity index (χ2v) is 6.28. The summed E-state index contributed by atoms with van der Waals surface area (Å²) in [7, 11) is -0.905. The summed E-state index contributed by atoms with van der Waals surface area (Å²) >= 11 is 0. The molecular weight excluding hydrogens is 194 g/mol. The number of nitrogens with one attached hydrogen (secondary N) is 1. The Morgan fingerprint density at radius 3 is 2.86 bits per heavy atom. The summed E-state index contributed by atoms with van der Waals surface area (Å²) in [6.45, 7) is 5.02. The van der Waals surface area contributed by atoms with Gasteiger partial charge in [-0.05, 0) is 32.4 Å². The topological polar surface area (TPSA) is 29.1 Å². The monoisotopic (exact) mass is 209 g/mol. The van der Waals surface area contributed by atoms with Gasteiger partial charge in [0.05, 0.1) is 21.4 Å². The van der Waals surface area contributed by atoms with Crippen LogP contribution >= 0.6 is 0 Å². The zero-order valence-electron chi connectivity index (χ0n) is 8.54. The van der Waals surface area contributed by atoms with Crippen molar-refractivity contribution in [2.75, 3.05) is 11.9 Å². The molecule has 2 rings (SSSR count). The van der Waals surface area contributed by atoms with Crippen molar-refractivity contribution in [3.05, 3.63) is 24.3 Å². The van der Waals surface area contributed by atoms with Gasteiger partial charge in [0.15, 0.2) is 0 Å². The minimum Gasteiger partial charge on any atom is -0.384 e. The third-order valence-electron chi connectivity index (χ3n) is 2.63. The summed E-state index contributed by atoms with van der Waals surface area (Å²) in [6.07, 6.45) is 0.939. The van der Waals surface area contributed by atoms with E-state index in [0.29, 0.717) is 0 Å². The largest absolute Gasteiger partial charge is 0.384 e. The second-order valence-electron chi connectivity index (χ2n) is 4.20. The van der Waals surface area contributed by atoms with E-state index in [0.717, 1.165) is 23.5 Å². The molecule has 0 unspecified atom stereocenters. The number of hydrogen-bond donors (Lipinski definition) is 1. The molecule has 1 aliphatic heterocycles. The van der Waals surface area contributed by atoms with E-state index in [1.54, 1.807) is 0 Å². The summed E-state index contributed by atoms with van der Waals surface area (Å²) in [5.74, 6) is 0. The van der Waals surface area contributed by atoms with Crippen LogP contribution < -0.4 is 5.32 Å². The fourth-order valence-electron chi connectivity index (χ4n) is 1.66. The lowest BCUT2D eigenvalue weighted by molar-refractivity contribution is 0.608. The Kier molecular flexibility index (Phi) is 2.35. The Balaban J connectivity index is 2.51. The van der Waals surface area contributed by atoms with Crippen molar-refractivity contribution < 1.29 is 4.21 Å². The molecule has 76 valence electrons. The molecule has 0 saturated carbocycles. The molecule has 1 aliphatic rings. The molecule has 1 N–H and O–H groups in total. The lowest BCUT2D eigenvalue weighted by Crippen LogP contribution is -2.26. The van der Waals surface area contributed by atoms with Gasteiger partial charge in [-0.1, -0.05) is 12.1 Å². The number of hydrogen-bond acceptors (Lipinski definition) is 2. The average Bonchev–Trinajstić information content (AvgIpc) is 2.27. The van der Waals surface area contributed by atoms with Gasteiger partial charge in [-0.15, -0.1) is 0 Å². The van der Waals surface area contributed by atoms with E-state index in [9.17, 15) is 4.21 Å². The number of anilines is 1. The van der Waals surface area contributed by atoms with Crippen molar-refractivity contribution in [1.29, 1.82) is 0 Å². The fraction of sp³-hybridized carbons (Fsp3) is 0.455. The van der Waals surface area contributed by atoms with Crippen molar-refractivity contribution in [2.24, 2.45) is 0 Å². The van der Waals surface area contributed by atoms with Gasteiger partial charge in [0, 0.05) is 11.3 Å². The van der Waals surface area contributed by atoms with Crippen LogP contribution in [0.4, 0.5) is 5.69 Å². The van der Waals surface area contributed by atoms with Crippen LogP contribution in [0.25, 0.3) is 0 Å². The minimum atomic E-state index is -0.905. The second kappa shape index (κ2) is 3.39. The van der Waals surface area contributed by atoms with Crippen LogP contribution in [0.3, 0.4) is 0 Å². The highest BCUT2D eigenvalue weighted by Gasteiger charge is 2.30. The maximum Gasteiger partial charge on any atom is 0.0624 e. The first-order valence-corrected chi connectivity index (χ1v) is 6.01. The Morgan fingerprint density at radius 2 is 2.07 bits per heavy atom. The average molecular weight is 209 g/mol. The molecule has 1 aromatic carbocycles. The molecule has 0 radical (unpaired) electrons. The SMILES string of the molecule is CC1(C)CCNc2ccccc2[S@]1=O. The number of para-hydroxylation sites is 1. The summed E-state index contributed by atoms with van der Waals surface area (Å²) in [4.78, 5) is 0.940. The Morgan fingerprint density at radius 1 is 1.36 bits per heavy atom. The van der Waals surface area contributed by atoms with Crippen molar-refractivity contribution in [2.45, 2.75) is 29.9 Å². The molecule has 14 heavy (non-hydrogen) atoms. The van der Waals surface area contributed by atoms with Crippen molar-refractivity contribution in [1.82, 2.24) is 0 Å². The van der Waals surface area contributed by atoms with Gasteiger partial charge in [-0.3, -0.25) is 4.21 Å². The van der Waals surface area contributed by atoms with Gasteiger partial charge in [0.25, 0.3) is 0 Å². The maximum atomic E-state index is 12.2. The van der Waals surface area contributed by atoms with Crippen LogP contribution in [-0.4, -0.2) is 15.5 Å². The predicted molar refractivity (Wildman–Crippen MR) is 60.0 cm³/mol. The van der Waals surface area contributed by atoms with Gasteiger partial charge >= 0.3 is 0 Å². The molecular formula is C11H15NOS. The standard InChI is InChI=1S/C11H15NOS/c1-11(2)7-8-12-9-5-3-4-6-10(9)14(11)13/h3-6,12H,7-8H2,1-2H3/t14-/m1/s1. The van der Waals surface area contributed by atoms with Crippen molar-refractivity contribution in [3.63, 3.8) is 0 Å². The lowest BCUT2D eigenvalue weighted by Gasteiger charge is -2.20. The van der Waals surface area contributed by atoms with Crippen LogP contribution in [0, 0.1) is 0 Å². The van der Waals surface area contributed by atoms with Gasteiger partial charge in [0.1, 0.15) is 0 Å². The van der Waals surface area contributed by atoms with E-state index in [2.05, 4.69) is 19.2 Å². The summed E-state index contributed by atoms with van der Waals surface area (Å²) in [6, 6.07) is 7.86. The van der Waals surface area contributed by atoms with Crippen LogP contribution in [0.15, 0.2) is 29.2 Å². The first kappa shape index (κ1) is 9.71. The molecule has 2 nitrogen and oxygen atoms in total. The summed E-state index contributed by atoms with van der Waals surface area (Å²) in [5, 5.41) is 3.32. The molecule has 0 aliphatic carbocycles. The van der Waals surface area contributed by atoms with Crippen LogP contribution in [-0.2, 0) is 10.8 Å². The minimum absolute atomic E-state index is 0.125. The fourth-order valence-corrected chi connectivity index (χ4v) is 3.09. The van der Waals surface area contributed by atoms with Crippen LogP contribution in [0.2, 0.25) is 0 Å². The molecule has 1 atom stereocenters. The Hall–Kier alpha value is -0.830. The molecule has 0 amide bonds. The van der Waals surface area contributed by atoms with E-state index in [4.69, 9.17) is 0 Å².